The quantitative estimate of drug-likeness (QED) is 0.813. The Balaban J connectivity index is 1.75. The molecule has 4 heteroatoms. The average Bonchev–Trinajstić information content (AvgIpc) is 2.40. The molecular weight excluding hydrogens is 226 g/mol. The molecule has 1 heterocycles. The summed E-state index contributed by atoms with van der Waals surface area (Å²) in [4.78, 5) is 16.4. The molecule has 104 valence electrons. The molecule has 0 aromatic carbocycles. The Hall–Kier alpha value is -0.610. The number of nitrogens with zero attached hydrogens (tertiary/aromatic N) is 2. The third-order valence-corrected chi connectivity index (χ3v) is 4.46. The predicted molar refractivity (Wildman–Crippen MR) is 73.5 cm³/mol. The van der Waals surface area contributed by atoms with Crippen molar-refractivity contribution < 1.29 is 4.79 Å². The van der Waals surface area contributed by atoms with Gasteiger partial charge in [0.15, 0.2) is 0 Å². The van der Waals surface area contributed by atoms with Crippen LogP contribution in [0.15, 0.2) is 0 Å². The van der Waals surface area contributed by atoms with E-state index in [0.717, 1.165) is 32.1 Å². The topological polar surface area (TPSA) is 35.6 Å². The van der Waals surface area contributed by atoms with Crippen LogP contribution < -0.4 is 5.32 Å². The van der Waals surface area contributed by atoms with Crippen LogP contribution in [0.4, 0.5) is 0 Å². The lowest BCUT2D eigenvalue weighted by Crippen LogP contribution is -2.50. The van der Waals surface area contributed by atoms with Gasteiger partial charge in [0.2, 0.25) is 5.91 Å². The molecule has 0 spiro atoms. The van der Waals surface area contributed by atoms with E-state index in [1.54, 1.807) is 0 Å². The summed E-state index contributed by atoms with van der Waals surface area (Å²) in [5.74, 6) is 1.18. The Morgan fingerprint density at radius 3 is 2.44 bits per heavy atom. The summed E-state index contributed by atoms with van der Waals surface area (Å²) in [5.41, 5.74) is 0. The first kappa shape index (κ1) is 13.8. The molecule has 0 bridgehead atoms. The Kier molecular flexibility index (Phi) is 5.01. The zero-order chi connectivity index (χ0) is 13.0. The van der Waals surface area contributed by atoms with Gasteiger partial charge in [-0.05, 0) is 38.6 Å². The average molecular weight is 253 g/mol. The van der Waals surface area contributed by atoms with Gasteiger partial charge >= 0.3 is 0 Å². The van der Waals surface area contributed by atoms with E-state index < -0.39 is 0 Å². The van der Waals surface area contributed by atoms with Crippen molar-refractivity contribution in [3.8, 4) is 0 Å². The van der Waals surface area contributed by atoms with Gasteiger partial charge in [0, 0.05) is 32.2 Å². The summed E-state index contributed by atoms with van der Waals surface area (Å²) in [7, 11) is 2.11. The number of nitrogens with one attached hydrogen (secondary N) is 1. The van der Waals surface area contributed by atoms with Crippen LogP contribution in [-0.4, -0.2) is 61.5 Å². The minimum Gasteiger partial charge on any atom is -0.339 e. The molecule has 18 heavy (non-hydrogen) atoms. The van der Waals surface area contributed by atoms with Crippen molar-refractivity contribution >= 4 is 5.91 Å². The van der Waals surface area contributed by atoms with Crippen LogP contribution in [-0.2, 0) is 4.79 Å². The van der Waals surface area contributed by atoms with Crippen molar-refractivity contribution in [1.82, 2.24) is 15.1 Å². The second-order valence-electron chi connectivity index (χ2n) is 5.96. The first-order valence-electron chi connectivity index (χ1n) is 7.35. The second kappa shape index (κ2) is 6.53. The monoisotopic (exact) mass is 253 g/mol. The molecule has 2 aliphatic rings. The minimum absolute atomic E-state index is 0.303. The van der Waals surface area contributed by atoms with E-state index in [0.29, 0.717) is 18.5 Å². The molecule has 1 aliphatic heterocycles. The normalized spacial score (nSPS) is 29.6. The van der Waals surface area contributed by atoms with E-state index in [9.17, 15) is 4.79 Å². The van der Waals surface area contributed by atoms with Gasteiger partial charge in [-0.25, -0.2) is 0 Å². The third kappa shape index (κ3) is 3.69. The summed E-state index contributed by atoms with van der Waals surface area (Å²) in [6, 6.07) is 0.619. The molecule has 2 fully saturated rings. The number of piperazine rings is 1. The van der Waals surface area contributed by atoms with Crippen LogP contribution in [0.2, 0.25) is 0 Å². The van der Waals surface area contributed by atoms with Gasteiger partial charge < -0.3 is 10.2 Å². The highest BCUT2D eigenvalue weighted by Crippen LogP contribution is 2.26. The standard InChI is InChI=1S/C14H27N3O/c1-12-3-5-13(6-4-12)16(2)11-14(18)17-9-7-15-8-10-17/h12-13,15H,3-11H2,1-2H3. The number of likely N-dealkylation sites (N-methyl/N-ethyl adjacent to an activating group) is 1. The molecule has 0 unspecified atom stereocenters. The molecular formula is C14H27N3O. The highest BCUT2D eigenvalue weighted by Gasteiger charge is 2.24. The molecule has 4 nitrogen and oxygen atoms in total. The highest BCUT2D eigenvalue weighted by molar-refractivity contribution is 5.78. The fourth-order valence-electron chi connectivity index (χ4n) is 3.04. The molecule has 2 rings (SSSR count). The SMILES string of the molecule is CC1CCC(N(C)CC(=O)N2CCNCC2)CC1. The number of carbonyl (C=O) groups excluding carboxylic acids is 1. The molecule has 1 aliphatic carbocycles. The number of hydrogen-bond acceptors (Lipinski definition) is 3. The number of amides is 1. The van der Waals surface area contributed by atoms with E-state index in [-0.39, 0.29) is 0 Å². The van der Waals surface area contributed by atoms with Gasteiger partial charge in [-0.3, -0.25) is 9.69 Å². The smallest absolute Gasteiger partial charge is 0.236 e. The molecule has 0 atom stereocenters. The maximum atomic E-state index is 12.2. The van der Waals surface area contributed by atoms with E-state index in [2.05, 4.69) is 24.2 Å². The van der Waals surface area contributed by atoms with Gasteiger partial charge in [0.25, 0.3) is 0 Å². The Morgan fingerprint density at radius 2 is 1.83 bits per heavy atom. The maximum Gasteiger partial charge on any atom is 0.236 e. The van der Waals surface area contributed by atoms with Crippen LogP contribution in [0.25, 0.3) is 0 Å². The molecule has 1 saturated heterocycles. The summed E-state index contributed by atoms with van der Waals surface area (Å²) < 4.78 is 0. The third-order valence-electron chi connectivity index (χ3n) is 4.46. The van der Waals surface area contributed by atoms with E-state index >= 15 is 0 Å². The van der Waals surface area contributed by atoms with Crippen LogP contribution >= 0.6 is 0 Å². The Morgan fingerprint density at radius 1 is 1.22 bits per heavy atom. The number of hydrogen-bond donors (Lipinski definition) is 1. The lowest BCUT2D eigenvalue weighted by Gasteiger charge is -2.35. The largest absolute Gasteiger partial charge is 0.339 e. The van der Waals surface area contributed by atoms with Gasteiger partial charge in [-0.1, -0.05) is 6.92 Å². The Labute approximate surface area is 111 Å². The first-order valence-corrected chi connectivity index (χ1v) is 7.35. The predicted octanol–water partition coefficient (Wildman–Crippen LogP) is 0.929. The van der Waals surface area contributed by atoms with E-state index in [1.807, 2.05) is 4.90 Å². The first-order chi connectivity index (χ1) is 8.66. The number of carbonyl (C=O) groups is 1. The molecule has 0 radical (unpaired) electrons. The lowest BCUT2D eigenvalue weighted by atomic mass is 9.87. The van der Waals surface area contributed by atoms with Gasteiger partial charge in [-0.2, -0.15) is 0 Å². The summed E-state index contributed by atoms with van der Waals surface area (Å²) in [6.45, 7) is 6.55. The second-order valence-corrected chi connectivity index (χ2v) is 5.96. The Bertz CT molecular complexity index is 268. The van der Waals surface area contributed by atoms with Crippen LogP contribution in [0, 0.1) is 5.92 Å². The molecule has 0 aromatic heterocycles. The zero-order valence-electron chi connectivity index (χ0n) is 11.8. The summed E-state index contributed by atoms with van der Waals surface area (Å²) in [6.07, 6.45) is 5.15. The van der Waals surface area contributed by atoms with Gasteiger partial charge in [0.05, 0.1) is 6.54 Å². The van der Waals surface area contributed by atoms with Crippen LogP contribution in [0.3, 0.4) is 0 Å². The number of rotatable bonds is 3. The van der Waals surface area contributed by atoms with Crippen molar-refractivity contribution in [3.63, 3.8) is 0 Å². The molecule has 1 saturated carbocycles. The van der Waals surface area contributed by atoms with Crippen molar-refractivity contribution in [2.24, 2.45) is 5.92 Å². The van der Waals surface area contributed by atoms with Gasteiger partial charge in [0.1, 0.15) is 0 Å². The molecule has 1 N–H and O–H groups in total. The zero-order valence-corrected chi connectivity index (χ0v) is 11.8. The molecule has 0 aromatic rings. The lowest BCUT2D eigenvalue weighted by molar-refractivity contribution is -0.133. The van der Waals surface area contributed by atoms with Crippen molar-refractivity contribution in [3.05, 3.63) is 0 Å². The fourth-order valence-corrected chi connectivity index (χ4v) is 3.04. The summed E-state index contributed by atoms with van der Waals surface area (Å²) in [5, 5.41) is 3.28. The van der Waals surface area contributed by atoms with Crippen molar-refractivity contribution in [1.29, 1.82) is 0 Å². The minimum atomic E-state index is 0.303. The fraction of sp³-hybridized carbons (Fsp3) is 0.929. The van der Waals surface area contributed by atoms with Crippen LogP contribution in [0.5, 0.6) is 0 Å². The van der Waals surface area contributed by atoms with E-state index in [4.69, 9.17) is 0 Å². The van der Waals surface area contributed by atoms with Crippen molar-refractivity contribution in [2.75, 3.05) is 39.8 Å². The van der Waals surface area contributed by atoms with Gasteiger partial charge in [-0.15, -0.1) is 0 Å². The summed E-state index contributed by atoms with van der Waals surface area (Å²) >= 11 is 0. The highest BCUT2D eigenvalue weighted by atomic mass is 16.2. The maximum absolute atomic E-state index is 12.2. The van der Waals surface area contributed by atoms with Crippen molar-refractivity contribution in [2.45, 2.75) is 38.6 Å². The van der Waals surface area contributed by atoms with Crippen LogP contribution in [0.1, 0.15) is 32.6 Å². The molecule has 1 amide bonds. The van der Waals surface area contributed by atoms with E-state index in [1.165, 1.54) is 25.7 Å².